The summed E-state index contributed by atoms with van der Waals surface area (Å²) in [6.45, 7) is 2.32. The van der Waals surface area contributed by atoms with Crippen LogP contribution in [0.3, 0.4) is 0 Å². The molecule has 8 heteroatoms. The molecule has 1 fully saturated rings. The lowest BCUT2D eigenvalue weighted by Gasteiger charge is -2.20. The summed E-state index contributed by atoms with van der Waals surface area (Å²) in [6.07, 6.45) is 5.69. The Labute approximate surface area is 124 Å². The first-order chi connectivity index (χ1) is 9.90. The number of sulfonamides is 1. The highest BCUT2D eigenvalue weighted by atomic mass is 32.2. The summed E-state index contributed by atoms with van der Waals surface area (Å²) in [4.78, 5) is 7.79. The molecule has 0 amide bonds. The topological polar surface area (TPSA) is 84.0 Å². The van der Waals surface area contributed by atoms with Crippen molar-refractivity contribution in [3.8, 4) is 0 Å². The summed E-state index contributed by atoms with van der Waals surface area (Å²) in [6, 6.07) is -0.0944. The Morgan fingerprint density at radius 2 is 2.14 bits per heavy atom. The van der Waals surface area contributed by atoms with E-state index in [0.29, 0.717) is 18.7 Å². The molecule has 1 saturated carbocycles. The molecule has 6 nitrogen and oxygen atoms in total. The van der Waals surface area contributed by atoms with E-state index in [4.69, 9.17) is 0 Å². The lowest BCUT2D eigenvalue weighted by molar-refractivity contribution is 0.462. The minimum Gasteiger partial charge on any atom is -0.367 e. The first-order valence-corrected chi connectivity index (χ1v) is 9.00. The number of nitrogens with zero attached hydrogens (tertiary/aromatic N) is 2. The van der Waals surface area contributed by atoms with Crippen LogP contribution in [0.2, 0.25) is 0 Å². The Balaban J connectivity index is 1.99. The van der Waals surface area contributed by atoms with Crippen LogP contribution in [0.5, 0.6) is 0 Å². The number of rotatable bonds is 6. The third-order valence-electron chi connectivity index (χ3n) is 3.75. The average molecular weight is 316 g/mol. The molecule has 118 valence electrons. The van der Waals surface area contributed by atoms with E-state index in [9.17, 15) is 12.8 Å². The fourth-order valence-electron chi connectivity index (χ4n) is 2.72. The molecule has 0 bridgehead atoms. The van der Waals surface area contributed by atoms with Gasteiger partial charge in [-0.25, -0.2) is 27.5 Å². The van der Waals surface area contributed by atoms with Gasteiger partial charge in [-0.15, -0.1) is 0 Å². The molecule has 2 rings (SSSR count). The first kappa shape index (κ1) is 16.1. The maximum atomic E-state index is 14.0. The van der Waals surface area contributed by atoms with Crippen LogP contribution in [0.4, 0.5) is 10.2 Å². The molecular formula is C13H21FN4O2S. The minimum absolute atomic E-state index is 0.0944. The van der Waals surface area contributed by atoms with Gasteiger partial charge in [-0.2, -0.15) is 0 Å². The van der Waals surface area contributed by atoms with Crippen molar-refractivity contribution >= 4 is 15.8 Å². The molecule has 1 aliphatic carbocycles. The molecule has 0 unspecified atom stereocenters. The van der Waals surface area contributed by atoms with E-state index in [0.717, 1.165) is 25.5 Å². The van der Waals surface area contributed by atoms with Crippen molar-refractivity contribution in [2.24, 2.45) is 5.92 Å². The van der Waals surface area contributed by atoms with Crippen molar-refractivity contribution in [1.29, 1.82) is 0 Å². The highest BCUT2D eigenvalue weighted by Gasteiger charge is 2.29. The lowest BCUT2D eigenvalue weighted by atomic mass is 10.0. The number of aryl methyl sites for hydroxylation is 1. The van der Waals surface area contributed by atoms with Crippen molar-refractivity contribution in [1.82, 2.24) is 14.7 Å². The lowest BCUT2D eigenvalue weighted by Crippen LogP contribution is -2.39. The molecule has 1 heterocycles. The van der Waals surface area contributed by atoms with Gasteiger partial charge in [0.2, 0.25) is 10.0 Å². The summed E-state index contributed by atoms with van der Waals surface area (Å²) in [7, 11) is -3.22. The summed E-state index contributed by atoms with van der Waals surface area (Å²) < 4.78 is 39.3. The highest BCUT2D eigenvalue weighted by Crippen LogP contribution is 2.26. The first-order valence-electron chi connectivity index (χ1n) is 7.11. The second-order valence-electron chi connectivity index (χ2n) is 5.40. The Hall–Kier alpha value is -1.28. The van der Waals surface area contributed by atoms with Crippen LogP contribution in [0.25, 0.3) is 0 Å². The number of halogens is 1. The van der Waals surface area contributed by atoms with Crippen molar-refractivity contribution in [3.63, 3.8) is 0 Å². The van der Waals surface area contributed by atoms with Gasteiger partial charge in [0.1, 0.15) is 6.33 Å². The van der Waals surface area contributed by atoms with E-state index in [-0.39, 0.29) is 17.8 Å². The van der Waals surface area contributed by atoms with Crippen molar-refractivity contribution in [2.45, 2.75) is 38.6 Å². The fourth-order valence-corrected chi connectivity index (χ4v) is 3.58. The predicted molar refractivity (Wildman–Crippen MR) is 79.0 cm³/mol. The van der Waals surface area contributed by atoms with Crippen LogP contribution in [-0.2, 0) is 16.4 Å². The Morgan fingerprint density at radius 1 is 1.38 bits per heavy atom. The van der Waals surface area contributed by atoms with Crippen molar-refractivity contribution < 1.29 is 12.8 Å². The van der Waals surface area contributed by atoms with Crippen molar-refractivity contribution in [2.75, 3.05) is 18.1 Å². The van der Waals surface area contributed by atoms with Gasteiger partial charge in [-0.3, -0.25) is 0 Å². The second-order valence-corrected chi connectivity index (χ2v) is 7.18. The standard InChI is InChI=1S/C13H21FN4O2S/c1-3-10-12(14)13(17-8-16-10)15-7-9-5-4-6-11(9)18-21(2,19)20/h8-9,11,18H,3-7H2,1-2H3,(H,15,16,17)/t9-,11-/m1/s1. The number of nitrogens with one attached hydrogen (secondary N) is 2. The van der Waals surface area contributed by atoms with Crippen LogP contribution in [0.15, 0.2) is 6.33 Å². The molecule has 0 spiro atoms. The summed E-state index contributed by atoms with van der Waals surface area (Å²) in [5, 5.41) is 2.98. The molecule has 0 aliphatic heterocycles. The number of aromatic nitrogens is 2. The average Bonchev–Trinajstić information content (AvgIpc) is 2.82. The van der Waals surface area contributed by atoms with Gasteiger partial charge < -0.3 is 5.32 Å². The fraction of sp³-hybridized carbons (Fsp3) is 0.692. The molecule has 0 radical (unpaired) electrons. The van der Waals surface area contributed by atoms with E-state index in [1.54, 1.807) is 0 Å². The van der Waals surface area contributed by atoms with Gasteiger partial charge in [0.25, 0.3) is 0 Å². The number of hydrogen-bond donors (Lipinski definition) is 2. The Morgan fingerprint density at radius 3 is 2.81 bits per heavy atom. The smallest absolute Gasteiger partial charge is 0.208 e. The Kier molecular flexibility index (Phi) is 5.10. The van der Waals surface area contributed by atoms with Gasteiger partial charge in [0.15, 0.2) is 11.6 Å². The summed E-state index contributed by atoms with van der Waals surface area (Å²) in [5.74, 6) is -0.100. The second kappa shape index (κ2) is 6.65. The molecule has 2 N–H and O–H groups in total. The largest absolute Gasteiger partial charge is 0.367 e. The van der Waals surface area contributed by atoms with E-state index in [1.165, 1.54) is 6.33 Å². The van der Waals surface area contributed by atoms with E-state index in [1.807, 2.05) is 6.92 Å². The number of hydrogen-bond acceptors (Lipinski definition) is 5. The molecule has 21 heavy (non-hydrogen) atoms. The monoisotopic (exact) mass is 316 g/mol. The Bertz CT molecular complexity index is 594. The zero-order chi connectivity index (χ0) is 15.5. The van der Waals surface area contributed by atoms with E-state index >= 15 is 0 Å². The van der Waals surface area contributed by atoms with E-state index in [2.05, 4.69) is 20.0 Å². The molecule has 2 atom stereocenters. The van der Waals surface area contributed by atoms with E-state index < -0.39 is 15.8 Å². The van der Waals surface area contributed by atoms with Crippen molar-refractivity contribution in [3.05, 3.63) is 17.8 Å². The van der Waals surface area contributed by atoms with Crippen LogP contribution in [0.1, 0.15) is 31.9 Å². The molecule has 0 saturated heterocycles. The third kappa shape index (κ3) is 4.34. The summed E-state index contributed by atoms with van der Waals surface area (Å²) >= 11 is 0. The normalized spacial score (nSPS) is 22.4. The van der Waals surface area contributed by atoms with Gasteiger partial charge >= 0.3 is 0 Å². The SMILES string of the molecule is CCc1ncnc(NC[C@H]2CCC[C@H]2NS(C)(=O)=O)c1F. The van der Waals surface area contributed by atoms with Gasteiger partial charge in [-0.05, 0) is 25.2 Å². The van der Waals surface area contributed by atoms with Gasteiger partial charge in [0, 0.05) is 12.6 Å². The molecule has 1 aromatic rings. The van der Waals surface area contributed by atoms with Gasteiger partial charge in [-0.1, -0.05) is 13.3 Å². The highest BCUT2D eigenvalue weighted by molar-refractivity contribution is 7.88. The summed E-state index contributed by atoms with van der Waals surface area (Å²) in [5.41, 5.74) is 0.379. The van der Waals surface area contributed by atoms with Crippen LogP contribution in [0, 0.1) is 11.7 Å². The minimum atomic E-state index is -3.22. The molecule has 0 aromatic carbocycles. The quantitative estimate of drug-likeness (QED) is 0.826. The zero-order valence-electron chi connectivity index (χ0n) is 12.3. The molecule has 1 aromatic heterocycles. The number of anilines is 1. The van der Waals surface area contributed by atoms with Gasteiger partial charge in [0.05, 0.1) is 11.9 Å². The van der Waals surface area contributed by atoms with Crippen LogP contribution < -0.4 is 10.0 Å². The molecular weight excluding hydrogens is 295 g/mol. The maximum Gasteiger partial charge on any atom is 0.208 e. The third-order valence-corrected chi connectivity index (χ3v) is 4.48. The van der Waals surface area contributed by atoms with Crippen LogP contribution >= 0.6 is 0 Å². The zero-order valence-corrected chi connectivity index (χ0v) is 13.1. The molecule has 1 aliphatic rings. The van der Waals surface area contributed by atoms with Crippen LogP contribution in [-0.4, -0.2) is 37.2 Å². The maximum absolute atomic E-state index is 14.0. The predicted octanol–water partition coefficient (Wildman–Crippen LogP) is 1.31.